The molecule has 3 heteroatoms. The van der Waals surface area contributed by atoms with Gasteiger partial charge >= 0.3 is 5.97 Å². The fourth-order valence-corrected chi connectivity index (χ4v) is 7.01. The Kier molecular flexibility index (Phi) is 3.81. The van der Waals surface area contributed by atoms with Gasteiger partial charge in [0, 0.05) is 25.2 Å². The van der Waals surface area contributed by atoms with E-state index in [2.05, 4.69) is 6.92 Å². The van der Waals surface area contributed by atoms with E-state index in [0.717, 1.165) is 49.4 Å². The normalized spacial score (nSPS) is 49.0. The molecule has 4 fully saturated rings. The van der Waals surface area contributed by atoms with Crippen LogP contribution in [0.3, 0.4) is 0 Å². The summed E-state index contributed by atoms with van der Waals surface area (Å²) in [6.45, 7) is 3.93. The summed E-state index contributed by atoms with van der Waals surface area (Å²) in [5.41, 5.74) is 0.199. The van der Waals surface area contributed by atoms with Crippen LogP contribution in [0.15, 0.2) is 0 Å². The molecule has 0 amide bonds. The Morgan fingerprint density at radius 1 is 1.04 bits per heavy atom. The fraction of sp³-hybridized carbons (Fsp3) is 0.900. The van der Waals surface area contributed by atoms with E-state index >= 15 is 0 Å². The lowest BCUT2D eigenvalue weighted by Crippen LogP contribution is -2.50. The smallest absolute Gasteiger partial charge is 0.302 e. The van der Waals surface area contributed by atoms with Crippen LogP contribution < -0.4 is 0 Å². The van der Waals surface area contributed by atoms with E-state index in [9.17, 15) is 9.59 Å². The van der Waals surface area contributed by atoms with Crippen molar-refractivity contribution in [3.63, 3.8) is 0 Å². The molecule has 0 heterocycles. The number of hydrogen-bond acceptors (Lipinski definition) is 3. The Bertz CT molecular complexity index is 513. The van der Waals surface area contributed by atoms with Crippen molar-refractivity contribution in [2.24, 2.45) is 35.0 Å². The van der Waals surface area contributed by atoms with Crippen LogP contribution >= 0.6 is 0 Å². The van der Waals surface area contributed by atoms with Gasteiger partial charge in [-0.25, -0.2) is 0 Å². The van der Waals surface area contributed by atoms with Crippen molar-refractivity contribution in [2.45, 2.75) is 77.7 Å². The molecule has 0 unspecified atom stereocenters. The molecule has 0 aromatic heterocycles. The number of ether oxygens (including phenoxy) is 1. The molecule has 3 nitrogen and oxygen atoms in total. The number of esters is 1. The molecular weight excluding hydrogens is 288 g/mol. The van der Waals surface area contributed by atoms with Gasteiger partial charge in [-0.05, 0) is 74.5 Å². The van der Waals surface area contributed by atoms with Gasteiger partial charge in [0.25, 0.3) is 0 Å². The Morgan fingerprint density at radius 2 is 1.87 bits per heavy atom. The molecule has 4 aliphatic carbocycles. The number of Topliss-reactive ketones (excluding diaryl/α,β-unsaturated/α-hetero) is 1. The summed E-state index contributed by atoms with van der Waals surface area (Å²) in [4.78, 5) is 23.3. The second-order valence-electron chi connectivity index (χ2n) is 8.94. The monoisotopic (exact) mass is 318 g/mol. The molecule has 0 aromatic carbocycles. The zero-order valence-corrected chi connectivity index (χ0v) is 14.6. The number of rotatable bonds is 1. The minimum atomic E-state index is -0.117. The van der Waals surface area contributed by atoms with Gasteiger partial charge in [0.1, 0.15) is 11.9 Å². The highest BCUT2D eigenvalue weighted by Crippen LogP contribution is 2.62. The lowest BCUT2D eigenvalue weighted by atomic mass is 9.50. The van der Waals surface area contributed by atoms with Crippen LogP contribution in [0.1, 0.15) is 71.6 Å². The average molecular weight is 318 g/mol. The highest BCUT2D eigenvalue weighted by molar-refractivity contribution is 5.79. The van der Waals surface area contributed by atoms with Crippen molar-refractivity contribution in [1.82, 2.24) is 0 Å². The van der Waals surface area contributed by atoms with Crippen molar-refractivity contribution < 1.29 is 14.3 Å². The van der Waals surface area contributed by atoms with Gasteiger partial charge in [-0.1, -0.05) is 6.92 Å². The standard InChI is InChI=1S/C20H30O3/c1-12(21)23-19-8-7-18-17-5-3-13-11-14(22)4-6-15(13)16(17)9-10-20(18,19)2/h13,15-19H,3-11H2,1-2H3/t13-,15+,16-,17-,18-,19-,20-/m1/s1. The Balaban J connectivity index is 1.53. The number of ketones is 1. The molecule has 4 aliphatic rings. The van der Waals surface area contributed by atoms with Crippen LogP contribution in [-0.4, -0.2) is 17.9 Å². The Labute approximate surface area is 139 Å². The number of carbonyl (C=O) groups excluding carboxylic acids is 2. The van der Waals surface area contributed by atoms with Gasteiger partial charge in [0.05, 0.1) is 0 Å². The average Bonchev–Trinajstić information content (AvgIpc) is 2.83. The van der Waals surface area contributed by atoms with Crippen molar-refractivity contribution in [3.05, 3.63) is 0 Å². The first-order chi connectivity index (χ1) is 11.0. The van der Waals surface area contributed by atoms with Crippen LogP contribution in [0.2, 0.25) is 0 Å². The third kappa shape index (κ3) is 2.46. The van der Waals surface area contributed by atoms with Crippen molar-refractivity contribution in [2.75, 3.05) is 0 Å². The number of fused-ring (bicyclic) bond motifs is 5. The highest BCUT2D eigenvalue weighted by atomic mass is 16.5. The first kappa shape index (κ1) is 15.7. The van der Waals surface area contributed by atoms with Gasteiger partial charge in [0.15, 0.2) is 0 Å². The molecule has 0 spiro atoms. The molecule has 0 aliphatic heterocycles. The van der Waals surface area contributed by atoms with E-state index in [0.29, 0.717) is 11.7 Å². The minimum absolute atomic E-state index is 0.117. The first-order valence-electron chi connectivity index (χ1n) is 9.68. The lowest BCUT2D eigenvalue weighted by Gasteiger charge is -2.55. The summed E-state index contributed by atoms with van der Waals surface area (Å²) < 4.78 is 5.70. The molecule has 0 aromatic rings. The van der Waals surface area contributed by atoms with Crippen LogP contribution in [0.25, 0.3) is 0 Å². The third-order valence-electron chi connectivity index (χ3n) is 7.99. The summed E-state index contributed by atoms with van der Waals surface area (Å²) in [6, 6.07) is 0. The molecular formula is C20H30O3. The van der Waals surface area contributed by atoms with Crippen molar-refractivity contribution in [3.8, 4) is 0 Å². The molecule has 0 bridgehead atoms. The van der Waals surface area contributed by atoms with E-state index < -0.39 is 0 Å². The molecule has 128 valence electrons. The van der Waals surface area contributed by atoms with Crippen molar-refractivity contribution in [1.29, 1.82) is 0 Å². The van der Waals surface area contributed by atoms with Gasteiger partial charge < -0.3 is 4.74 Å². The van der Waals surface area contributed by atoms with E-state index in [1.165, 1.54) is 32.1 Å². The molecule has 23 heavy (non-hydrogen) atoms. The maximum atomic E-state index is 11.8. The zero-order valence-electron chi connectivity index (χ0n) is 14.6. The van der Waals surface area contributed by atoms with Gasteiger partial charge in [0.2, 0.25) is 0 Å². The van der Waals surface area contributed by atoms with E-state index in [4.69, 9.17) is 4.74 Å². The van der Waals surface area contributed by atoms with Crippen LogP contribution in [-0.2, 0) is 14.3 Å². The number of carbonyl (C=O) groups is 2. The molecule has 0 radical (unpaired) electrons. The molecule has 4 saturated carbocycles. The third-order valence-corrected chi connectivity index (χ3v) is 7.99. The Hall–Kier alpha value is -0.860. The van der Waals surface area contributed by atoms with Gasteiger partial charge in [-0.2, -0.15) is 0 Å². The summed E-state index contributed by atoms with van der Waals surface area (Å²) in [5.74, 6) is 4.22. The largest absolute Gasteiger partial charge is 0.462 e. The molecule has 0 saturated heterocycles. The summed E-state index contributed by atoms with van der Waals surface area (Å²) >= 11 is 0. The Morgan fingerprint density at radius 3 is 2.65 bits per heavy atom. The second kappa shape index (κ2) is 5.60. The predicted molar refractivity (Wildman–Crippen MR) is 87.7 cm³/mol. The fourth-order valence-electron chi connectivity index (χ4n) is 7.01. The predicted octanol–water partition coefficient (Wildman–Crippen LogP) is 4.14. The minimum Gasteiger partial charge on any atom is -0.462 e. The maximum Gasteiger partial charge on any atom is 0.302 e. The molecule has 7 atom stereocenters. The topological polar surface area (TPSA) is 43.4 Å². The van der Waals surface area contributed by atoms with Crippen molar-refractivity contribution >= 4 is 11.8 Å². The van der Waals surface area contributed by atoms with E-state index in [1.807, 2.05) is 0 Å². The summed E-state index contributed by atoms with van der Waals surface area (Å²) in [5, 5.41) is 0. The maximum absolute atomic E-state index is 11.8. The SMILES string of the molecule is CC(=O)O[C@@H]1CC[C@@H]2[C@@H]3CC[C@@H]4CC(=O)CC[C@@H]4[C@H]3CC[C@]21C. The second-order valence-corrected chi connectivity index (χ2v) is 8.94. The number of hydrogen-bond donors (Lipinski definition) is 0. The quantitative estimate of drug-likeness (QED) is 0.682. The van der Waals surface area contributed by atoms with Crippen LogP contribution in [0.5, 0.6) is 0 Å². The zero-order chi connectivity index (χ0) is 16.2. The summed E-state index contributed by atoms with van der Waals surface area (Å²) in [7, 11) is 0. The van der Waals surface area contributed by atoms with Crippen LogP contribution in [0.4, 0.5) is 0 Å². The summed E-state index contributed by atoms with van der Waals surface area (Å²) in [6.07, 6.45) is 10.3. The van der Waals surface area contributed by atoms with E-state index in [1.54, 1.807) is 6.92 Å². The molecule has 0 N–H and O–H groups in total. The first-order valence-corrected chi connectivity index (χ1v) is 9.68. The van der Waals surface area contributed by atoms with E-state index in [-0.39, 0.29) is 17.5 Å². The highest BCUT2D eigenvalue weighted by Gasteiger charge is 2.58. The lowest BCUT2D eigenvalue weighted by molar-refractivity contribution is -0.157. The molecule has 4 rings (SSSR count). The van der Waals surface area contributed by atoms with Crippen LogP contribution in [0, 0.1) is 35.0 Å². The van der Waals surface area contributed by atoms with Gasteiger partial charge in [-0.3, -0.25) is 9.59 Å². The van der Waals surface area contributed by atoms with Gasteiger partial charge in [-0.15, -0.1) is 0 Å².